The summed E-state index contributed by atoms with van der Waals surface area (Å²) >= 11 is 0. The summed E-state index contributed by atoms with van der Waals surface area (Å²) in [7, 11) is 3.46. The highest BCUT2D eigenvalue weighted by atomic mass is 19.1. The van der Waals surface area contributed by atoms with E-state index < -0.39 is 5.82 Å². The Morgan fingerprint density at radius 1 is 1.48 bits per heavy atom. The molecule has 0 N–H and O–H groups in total. The van der Waals surface area contributed by atoms with Crippen LogP contribution in [0.5, 0.6) is 0 Å². The van der Waals surface area contributed by atoms with Crippen molar-refractivity contribution in [2.45, 2.75) is 19.3 Å². The van der Waals surface area contributed by atoms with Gasteiger partial charge in [-0.25, -0.2) is 14.4 Å². The van der Waals surface area contributed by atoms with Gasteiger partial charge in [-0.3, -0.25) is 4.79 Å². The Hall–Kier alpha value is -1.76. The Kier molecular flexibility index (Phi) is 4.48. The van der Waals surface area contributed by atoms with Crippen LogP contribution in [-0.4, -0.2) is 61.2 Å². The standard InChI is InChI=1S/C16H23FN4O2/c1-20(2)14(22)9-23-11-16-5-3-4-12(16)8-21(10-16)15-18-6-13(17)7-19-15/h6-7,12H,3-5,8-11H2,1-2H3/t12-,16+/m1/s1. The van der Waals surface area contributed by atoms with E-state index >= 15 is 0 Å². The third-order valence-corrected chi connectivity index (χ3v) is 5.04. The Bertz CT molecular complexity index is 566. The van der Waals surface area contributed by atoms with Gasteiger partial charge in [-0.2, -0.15) is 0 Å². The van der Waals surface area contributed by atoms with E-state index in [0.29, 0.717) is 18.5 Å². The zero-order valence-electron chi connectivity index (χ0n) is 13.7. The number of aromatic nitrogens is 2. The van der Waals surface area contributed by atoms with Crippen molar-refractivity contribution < 1.29 is 13.9 Å². The van der Waals surface area contributed by atoms with Crippen LogP contribution in [0.15, 0.2) is 12.4 Å². The molecule has 1 aromatic rings. The monoisotopic (exact) mass is 322 g/mol. The second-order valence-corrected chi connectivity index (χ2v) is 6.81. The zero-order valence-corrected chi connectivity index (χ0v) is 13.7. The SMILES string of the molecule is CN(C)C(=O)COC[C@@]12CCC[C@@H]1CN(c1ncc(F)cn1)C2. The minimum atomic E-state index is -0.423. The average molecular weight is 322 g/mol. The molecule has 6 nitrogen and oxygen atoms in total. The quantitative estimate of drug-likeness (QED) is 0.818. The summed E-state index contributed by atoms with van der Waals surface area (Å²) in [5, 5.41) is 0. The molecule has 1 aromatic heterocycles. The lowest BCUT2D eigenvalue weighted by atomic mass is 9.82. The molecule has 1 amide bonds. The number of ether oxygens (including phenoxy) is 1. The maximum atomic E-state index is 13.0. The van der Waals surface area contributed by atoms with Gasteiger partial charge in [0.25, 0.3) is 0 Å². The summed E-state index contributed by atoms with van der Waals surface area (Å²) < 4.78 is 18.7. The van der Waals surface area contributed by atoms with Gasteiger partial charge in [0.05, 0.1) is 19.0 Å². The molecule has 0 unspecified atom stereocenters. The highest BCUT2D eigenvalue weighted by molar-refractivity contribution is 5.76. The zero-order chi connectivity index (χ0) is 16.4. The lowest BCUT2D eigenvalue weighted by Crippen LogP contribution is -2.35. The molecule has 126 valence electrons. The summed E-state index contributed by atoms with van der Waals surface area (Å²) in [5.74, 6) is 0.649. The van der Waals surface area contributed by atoms with Crippen LogP contribution in [0, 0.1) is 17.2 Å². The highest BCUT2D eigenvalue weighted by Gasteiger charge is 2.50. The summed E-state index contributed by atoms with van der Waals surface area (Å²) in [4.78, 5) is 23.5. The van der Waals surface area contributed by atoms with Crippen molar-refractivity contribution in [3.05, 3.63) is 18.2 Å². The average Bonchev–Trinajstić information content (AvgIpc) is 3.04. The molecule has 1 aliphatic heterocycles. The first-order valence-electron chi connectivity index (χ1n) is 8.00. The van der Waals surface area contributed by atoms with Crippen molar-refractivity contribution in [1.82, 2.24) is 14.9 Å². The van der Waals surface area contributed by atoms with Crippen molar-refractivity contribution in [2.24, 2.45) is 11.3 Å². The molecule has 7 heteroatoms. The second kappa shape index (κ2) is 6.39. The lowest BCUT2D eigenvalue weighted by molar-refractivity contribution is -0.134. The molecule has 2 atom stereocenters. The van der Waals surface area contributed by atoms with Crippen LogP contribution >= 0.6 is 0 Å². The normalized spacial score (nSPS) is 26.4. The van der Waals surface area contributed by atoms with Crippen molar-refractivity contribution >= 4 is 11.9 Å². The first-order chi connectivity index (χ1) is 11.0. The van der Waals surface area contributed by atoms with E-state index in [1.165, 1.54) is 23.7 Å². The van der Waals surface area contributed by atoms with Crippen LogP contribution in [0.25, 0.3) is 0 Å². The van der Waals surface area contributed by atoms with Gasteiger partial charge in [-0.15, -0.1) is 0 Å². The maximum absolute atomic E-state index is 13.0. The number of fused-ring (bicyclic) bond motifs is 1. The van der Waals surface area contributed by atoms with E-state index in [9.17, 15) is 9.18 Å². The lowest BCUT2D eigenvalue weighted by Gasteiger charge is -2.28. The molecular weight excluding hydrogens is 299 g/mol. The molecule has 3 rings (SSSR count). The topological polar surface area (TPSA) is 58.6 Å². The Morgan fingerprint density at radius 3 is 2.91 bits per heavy atom. The second-order valence-electron chi connectivity index (χ2n) is 6.81. The van der Waals surface area contributed by atoms with Gasteiger partial charge in [0.1, 0.15) is 6.61 Å². The number of rotatable bonds is 5. The fourth-order valence-electron chi connectivity index (χ4n) is 3.74. The summed E-state index contributed by atoms with van der Waals surface area (Å²) in [6.45, 7) is 2.37. The minimum absolute atomic E-state index is 0.0207. The first kappa shape index (κ1) is 16.1. The number of likely N-dealkylation sites (N-methyl/N-ethyl adjacent to an activating group) is 1. The summed E-state index contributed by atoms with van der Waals surface area (Å²) in [6.07, 6.45) is 5.84. The molecular formula is C16H23FN4O2. The molecule has 1 aliphatic carbocycles. The predicted molar refractivity (Wildman–Crippen MR) is 83.5 cm³/mol. The van der Waals surface area contributed by atoms with Crippen LogP contribution < -0.4 is 4.90 Å². The van der Waals surface area contributed by atoms with Gasteiger partial charge in [0.2, 0.25) is 11.9 Å². The van der Waals surface area contributed by atoms with Gasteiger partial charge >= 0.3 is 0 Å². The third-order valence-electron chi connectivity index (χ3n) is 5.04. The minimum Gasteiger partial charge on any atom is -0.371 e. The fraction of sp³-hybridized carbons (Fsp3) is 0.688. The smallest absolute Gasteiger partial charge is 0.248 e. The van der Waals surface area contributed by atoms with Crippen molar-refractivity contribution in [1.29, 1.82) is 0 Å². The van der Waals surface area contributed by atoms with Crippen LogP contribution in [0.3, 0.4) is 0 Å². The fourth-order valence-corrected chi connectivity index (χ4v) is 3.74. The van der Waals surface area contributed by atoms with Gasteiger partial charge in [0, 0.05) is 32.6 Å². The molecule has 2 heterocycles. The number of amides is 1. The molecule has 2 fully saturated rings. The Balaban J connectivity index is 1.63. The molecule has 1 saturated heterocycles. The Morgan fingerprint density at radius 2 is 2.22 bits per heavy atom. The summed E-state index contributed by atoms with van der Waals surface area (Å²) in [5.41, 5.74) is 0.0599. The van der Waals surface area contributed by atoms with Crippen LogP contribution in [0.2, 0.25) is 0 Å². The van der Waals surface area contributed by atoms with Gasteiger partial charge in [-0.05, 0) is 18.8 Å². The third kappa shape index (κ3) is 3.29. The van der Waals surface area contributed by atoms with Crippen LogP contribution in [-0.2, 0) is 9.53 Å². The summed E-state index contributed by atoms with van der Waals surface area (Å²) in [6, 6.07) is 0. The number of carbonyl (C=O) groups excluding carboxylic acids is 1. The largest absolute Gasteiger partial charge is 0.371 e. The van der Waals surface area contributed by atoms with Gasteiger partial charge < -0.3 is 14.5 Å². The molecule has 0 spiro atoms. The van der Waals surface area contributed by atoms with E-state index in [1.54, 1.807) is 14.1 Å². The Labute approximate surface area is 135 Å². The number of hydrogen-bond acceptors (Lipinski definition) is 5. The van der Waals surface area contributed by atoms with Crippen molar-refractivity contribution in [2.75, 3.05) is 45.3 Å². The molecule has 0 bridgehead atoms. The molecule has 23 heavy (non-hydrogen) atoms. The number of carbonyl (C=O) groups is 1. The molecule has 0 radical (unpaired) electrons. The van der Waals surface area contributed by atoms with Crippen molar-refractivity contribution in [3.8, 4) is 0 Å². The number of halogens is 1. The molecule has 2 aliphatic rings. The van der Waals surface area contributed by atoms with E-state index in [-0.39, 0.29) is 17.9 Å². The van der Waals surface area contributed by atoms with E-state index in [1.807, 2.05) is 0 Å². The highest BCUT2D eigenvalue weighted by Crippen LogP contribution is 2.49. The van der Waals surface area contributed by atoms with Gasteiger partial charge in [0.15, 0.2) is 5.82 Å². The van der Waals surface area contributed by atoms with E-state index in [4.69, 9.17) is 4.74 Å². The molecule has 0 aromatic carbocycles. The van der Waals surface area contributed by atoms with Crippen molar-refractivity contribution in [3.63, 3.8) is 0 Å². The van der Waals surface area contributed by atoms with Crippen LogP contribution in [0.4, 0.5) is 10.3 Å². The number of anilines is 1. The van der Waals surface area contributed by atoms with Gasteiger partial charge in [-0.1, -0.05) is 6.42 Å². The van der Waals surface area contributed by atoms with E-state index in [2.05, 4.69) is 14.9 Å². The maximum Gasteiger partial charge on any atom is 0.248 e. The first-order valence-corrected chi connectivity index (χ1v) is 8.00. The molecule has 1 saturated carbocycles. The number of nitrogens with zero attached hydrogens (tertiary/aromatic N) is 4. The van der Waals surface area contributed by atoms with E-state index in [0.717, 1.165) is 25.9 Å². The number of hydrogen-bond donors (Lipinski definition) is 0. The predicted octanol–water partition coefficient (Wildman–Crippen LogP) is 1.33. The van der Waals surface area contributed by atoms with Crippen LogP contribution in [0.1, 0.15) is 19.3 Å².